The summed E-state index contributed by atoms with van der Waals surface area (Å²) in [5.41, 5.74) is 0. The highest BCUT2D eigenvalue weighted by Crippen LogP contribution is 2.22. The van der Waals surface area contributed by atoms with E-state index in [9.17, 15) is 14.7 Å². The van der Waals surface area contributed by atoms with Crippen LogP contribution in [-0.4, -0.2) is 34.2 Å². The van der Waals surface area contributed by atoms with Crippen molar-refractivity contribution in [1.82, 2.24) is 0 Å². The third kappa shape index (κ3) is 2.97. The average molecular weight is 204 g/mol. The van der Waals surface area contributed by atoms with Crippen LogP contribution in [0.5, 0.6) is 0 Å². The Balaban J connectivity index is 2.72. The van der Waals surface area contributed by atoms with Crippen molar-refractivity contribution in [3.63, 3.8) is 0 Å². The summed E-state index contributed by atoms with van der Waals surface area (Å²) in [7, 11) is 0. The van der Waals surface area contributed by atoms with Crippen molar-refractivity contribution in [3.05, 3.63) is 0 Å². The Bertz CT molecular complexity index is 228. The second-order valence-electron chi connectivity index (χ2n) is 3.21. The number of carbonyl (C=O) groups is 2. The van der Waals surface area contributed by atoms with Gasteiger partial charge in [-0.05, 0) is 6.92 Å². The van der Waals surface area contributed by atoms with Gasteiger partial charge < -0.3 is 19.7 Å². The lowest BCUT2D eigenvalue weighted by molar-refractivity contribution is -0.329. The molecular formula is C8H12O6. The van der Waals surface area contributed by atoms with Crippen LogP contribution in [0, 0.1) is 0 Å². The SMILES string of the molecule is CC(O)CC1(O)OC(=O)CCC(=O)O1. The second-order valence-corrected chi connectivity index (χ2v) is 3.21. The van der Waals surface area contributed by atoms with Gasteiger partial charge in [0.05, 0.1) is 25.4 Å². The number of hydrogen-bond donors (Lipinski definition) is 2. The van der Waals surface area contributed by atoms with Crippen LogP contribution in [0.3, 0.4) is 0 Å². The minimum absolute atomic E-state index is 0.124. The number of ether oxygens (including phenoxy) is 2. The van der Waals surface area contributed by atoms with Crippen LogP contribution in [0.25, 0.3) is 0 Å². The minimum Gasteiger partial charge on any atom is -0.398 e. The second kappa shape index (κ2) is 3.93. The number of aliphatic hydroxyl groups excluding tert-OH is 1. The maximum absolute atomic E-state index is 10.9. The normalized spacial score (nSPS) is 23.4. The molecule has 80 valence electrons. The summed E-state index contributed by atoms with van der Waals surface area (Å²) in [5.74, 6) is -3.77. The molecule has 0 aliphatic carbocycles. The van der Waals surface area contributed by atoms with Crippen LogP contribution < -0.4 is 0 Å². The molecule has 1 atom stereocenters. The van der Waals surface area contributed by atoms with Crippen LogP contribution in [0.4, 0.5) is 0 Å². The number of aliphatic hydroxyl groups is 2. The first kappa shape index (κ1) is 10.9. The lowest BCUT2D eigenvalue weighted by atomic mass is 10.2. The maximum Gasteiger partial charge on any atom is 0.375 e. The molecule has 14 heavy (non-hydrogen) atoms. The monoisotopic (exact) mass is 204 g/mol. The quantitative estimate of drug-likeness (QED) is 0.577. The molecule has 0 spiro atoms. The van der Waals surface area contributed by atoms with Gasteiger partial charge in [-0.1, -0.05) is 0 Å². The Morgan fingerprint density at radius 1 is 1.36 bits per heavy atom. The average Bonchev–Trinajstić information content (AvgIpc) is 2.07. The zero-order valence-corrected chi connectivity index (χ0v) is 7.73. The van der Waals surface area contributed by atoms with Gasteiger partial charge in [0.25, 0.3) is 0 Å². The van der Waals surface area contributed by atoms with Crippen molar-refractivity contribution < 1.29 is 29.3 Å². The molecule has 1 unspecified atom stereocenters. The maximum atomic E-state index is 10.9. The summed E-state index contributed by atoms with van der Waals surface area (Å²) < 4.78 is 8.99. The van der Waals surface area contributed by atoms with E-state index in [-0.39, 0.29) is 19.3 Å². The fourth-order valence-electron chi connectivity index (χ4n) is 1.14. The van der Waals surface area contributed by atoms with E-state index in [1.807, 2.05) is 0 Å². The van der Waals surface area contributed by atoms with Gasteiger partial charge in [0.1, 0.15) is 0 Å². The molecule has 0 radical (unpaired) electrons. The Labute approximate surface area is 80.4 Å². The van der Waals surface area contributed by atoms with Gasteiger partial charge in [-0.3, -0.25) is 9.59 Å². The van der Waals surface area contributed by atoms with Crippen LogP contribution in [0.1, 0.15) is 26.2 Å². The van der Waals surface area contributed by atoms with E-state index >= 15 is 0 Å². The van der Waals surface area contributed by atoms with Crippen molar-refractivity contribution in [2.75, 3.05) is 0 Å². The van der Waals surface area contributed by atoms with Gasteiger partial charge >= 0.3 is 17.9 Å². The summed E-state index contributed by atoms with van der Waals surface area (Å²) in [5, 5.41) is 18.5. The third-order valence-electron chi connectivity index (χ3n) is 1.63. The molecule has 0 aromatic rings. The summed E-state index contributed by atoms with van der Waals surface area (Å²) >= 11 is 0. The number of esters is 2. The Morgan fingerprint density at radius 2 is 1.79 bits per heavy atom. The van der Waals surface area contributed by atoms with E-state index in [0.29, 0.717) is 0 Å². The van der Waals surface area contributed by atoms with Gasteiger partial charge in [0, 0.05) is 0 Å². The molecule has 1 aliphatic heterocycles. The van der Waals surface area contributed by atoms with Gasteiger partial charge in [0.15, 0.2) is 0 Å². The van der Waals surface area contributed by atoms with Crippen molar-refractivity contribution in [1.29, 1.82) is 0 Å². The van der Waals surface area contributed by atoms with Gasteiger partial charge in [0.2, 0.25) is 0 Å². The fourth-order valence-corrected chi connectivity index (χ4v) is 1.14. The highest BCUT2D eigenvalue weighted by atomic mass is 16.8. The van der Waals surface area contributed by atoms with Crippen molar-refractivity contribution in [2.24, 2.45) is 0 Å². The first-order valence-corrected chi connectivity index (χ1v) is 4.25. The molecule has 1 aliphatic rings. The summed E-state index contributed by atoms with van der Waals surface area (Å²) in [6, 6.07) is 0. The summed E-state index contributed by atoms with van der Waals surface area (Å²) in [6.07, 6.45) is -1.55. The van der Waals surface area contributed by atoms with Crippen molar-refractivity contribution in [2.45, 2.75) is 38.3 Å². The van der Waals surface area contributed by atoms with Crippen LogP contribution >= 0.6 is 0 Å². The molecule has 1 rings (SSSR count). The van der Waals surface area contributed by atoms with Gasteiger partial charge in [-0.25, -0.2) is 0 Å². The first-order chi connectivity index (χ1) is 6.41. The smallest absolute Gasteiger partial charge is 0.375 e. The van der Waals surface area contributed by atoms with E-state index < -0.39 is 24.0 Å². The lowest BCUT2D eigenvalue weighted by Crippen LogP contribution is -2.40. The fraction of sp³-hybridized carbons (Fsp3) is 0.750. The number of hydrogen-bond acceptors (Lipinski definition) is 6. The lowest BCUT2D eigenvalue weighted by Gasteiger charge is -2.25. The van der Waals surface area contributed by atoms with Crippen LogP contribution in [0.15, 0.2) is 0 Å². The summed E-state index contributed by atoms with van der Waals surface area (Å²) in [6.45, 7) is 1.38. The minimum atomic E-state index is -2.32. The van der Waals surface area contributed by atoms with Crippen molar-refractivity contribution in [3.8, 4) is 0 Å². The largest absolute Gasteiger partial charge is 0.398 e. The molecule has 0 saturated carbocycles. The molecule has 0 aromatic carbocycles. The topological polar surface area (TPSA) is 93.1 Å². The molecule has 1 saturated heterocycles. The molecule has 1 heterocycles. The Morgan fingerprint density at radius 3 is 2.14 bits per heavy atom. The molecule has 0 aromatic heterocycles. The van der Waals surface area contributed by atoms with E-state index in [0.717, 1.165) is 0 Å². The zero-order valence-electron chi connectivity index (χ0n) is 7.73. The molecule has 6 heteroatoms. The van der Waals surface area contributed by atoms with Gasteiger partial charge in [-0.2, -0.15) is 0 Å². The number of carbonyl (C=O) groups excluding carboxylic acids is 2. The predicted octanol–water partition coefficient (Wildman–Crippen LogP) is -0.716. The van der Waals surface area contributed by atoms with E-state index in [1.165, 1.54) is 6.92 Å². The van der Waals surface area contributed by atoms with E-state index in [2.05, 4.69) is 9.47 Å². The van der Waals surface area contributed by atoms with E-state index in [4.69, 9.17) is 5.11 Å². The van der Waals surface area contributed by atoms with Gasteiger partial charge in [-0.15, -0.1) is 0 Å². The van der Waals surface area contributed by atoms with E-state index in [1.54, 1.807) is 0 Å². The molecule has 0 bridgehead atoms. The molecule has 0 amide bonds. The first-order valence-electron chi connectivity index (χ1n) is 4.25. The highest BCUT2D eigenvalue weighted by molar-refractivity contribution is 5.79. The summed E-state index contributed by atoms with van der Waals surface area (Å²) in [4.78, 5) is 21.9. The Hall–Kier alpha value is -1.14. The van der Waals surface area contributed by atoms with Crippen molar-refractivity contribution >= 4 is 11.9 Å². The zero-order chi connectivity index (χ0) is 10.8. The molecule has 6 nitrogen and oxygen atoms in total. The highest BCUT2D eigenvalue weighted by Gasteiger charge is 2.40. The number of cyclic esters (lactones) is 2. The van der Waals surface area contributed by atoms with Crippen LogP contribution in [-0.2, 0) is 19.1 Å². The molecular weight excluding hydrogens is 192 g/mol. The standard InChI is InChI=1S/C8H12O6/c1-5(9)4-8(12)13-6(10)2-3-7(11)14-8/h5,9,12H,2-4H2,1H3. The molecule has 1 fully saturated rings. The third-order valence-corrected chi connectivity index (χ3v) is 1.63. The Kier molecular flexibility index (Phi) is 3.07. The number of rotatable bonds is 2. The molecule has 2 N–H and O–H groups in total. The predicted molar refractivity (Wildman–Crippen MR) is 42.7 cm³/mol. The van der Waals surface area contributed by atoms with Crippen LogP contribution in [0.2, 0.25) is 0 Å².